The molecule has 144 valence electrons. The van der Waals surface area contributed by atoms with E-state index in [2.05, 4.69) is 32.2 Å². The average Bonchev–Trinajstić information content (AvgIpc) is 3.39. The van der Waals surface area contributed by atoms with Gasteiger partial charge in [0.2, 0.25) is 0 Å². The first-order valence-electron chi connectivity index (χ1n) is 9.56. The molecule has 4 rings (SSSR count). The van der Waals surface area contributed by atoms with Crippen LogP contribution in [0.25, 0.3) is 5.69 Å². The normalized spacial score (nSPS) is 16.3. The Morgan fingerprint density at radius 3 is 2.93 bits per heavy atom. The average molecular weight is 376 g/mol. The first-order valence-corrected chi connectivity index (χ1v) is 9.56. The molecule has 2 aromatic carbocycles. The van der Waals surface area contributed by atoms with Gasteiger partial charge in [-0.3, -0.25) is 4.79 Å². The molecule has 1 unspecified atom stereocenters. The first-order chi connectivity index (χ1) is 13.6. The number of hydrogen-bond acceptors (Lipinski definition) is 5. The number of anilines is 1. The van der Waals surface area contributed by atoms with E-state index in [1.807, 2.05) is 44.2 Å². The SMILES string of the molecule is Cc1cc(-n2cnnn2)cc(NC(=O)c2cccc(CC3CCNC3)c2)c1C. The van der Waals surface area contributed by atoms with Crippen molar-refractivity contribution in [2.24, 2.45) is 5.92 Å². The molecule has 1 aliphatic heterocycles. The Morgan fingerprint density at radius 1 is 1.29 bits per heavy atom. The third-order valence-corrected chi connectivity index (χ3v) is 5.39. The Morgan fingerprint density at radius 2 is 2.18 bits per heavy atom. The fraction of sp³-hybridized carbons (Fsp3) is 0.333. The lowest BCUT2D eigenvalue weighted by molar-refractivity contribution is 0.102. The summed E-state index contributed by atoms with van der Waals surface area (Å²) in [7, 11) is 0. The lowest BCUT2D eigenvalue weighted by Crippen LogP contribution is -2.15. The second-order valence-electron chi connectivity index (χ2n) is 7.41. The minimum Gasteiger partial charge on any atom is -0.322 e. The van der Waals surface area contributed by atoms with Crippen LogP contribution < -0.4 is 10.6 Å². The minimum atomic E-state index is -0.109. The van der Waals surface area contributed by atoms with E-state index < -0.39 is 0 Å². The van der Waals surface area contributed by atoms with Gasteiger partial charge in [0.1, 0.15) is 6.33 Å². The molecule has 28 heavy (non-hydrogen) atoms. The van der Waals surface area contributed by atoms with Crippen LogP contribution in [0.1, 0.15) is 33.5 Å². The monoisotopic (exact) mass is 376 g/mol. The highest BCUT2D eigenvalue weighted by atomic mass is 16.1. The Labute approximate surface area is 164 Å². The van der Waals surface area contributed by atoms with Crippen LogP contribution in [0.4, 0.5) is 5.69 Å². The van der Waals surface area contributed by atoms with Gasteiger partial charge in [-0.15, -0.1) is 5.10 Å². The maximum absolute atomic E-state index is 12.9. The maximum Gasteiger partial charge on any atom is 0.255 e. The number of benzene rings is 2. The Bertz CT molecular complexity index is 977. The predicted octanol–water partition coefficient (Wildman–Crippen LogP) is 2.68. The van der Waals surface area contributed by atoms with Gasteiger partial charge in [-0.25, -0.2) is 4.68 Å². The largest absolute Gasteiger partial charge is 0.322 e. The fourth-order valence-corrected chi connectivity index (χ4v) is 3.64. The summed E-state index contributed by atoms with van der Waals surface area (Å²) in [5, 5.41) is 17.7. The maximum atomic E-state index is 12.9. The van der Waals surface area contributed by atoms with E-state index in [0.717, 1.165) is 42.0 Å². The highest BCUT2D eigenvalue weighted by Crippen LogP contribution is 2.24. The lowest BCUT2D eigenvalue weighted by atomic mass is 9.97. The van der Waals surface area contributed by atoms with Gasteiger partial charge in [0, 0.05) is 11.3 Å². The molecule has 2 heterocycles. The number of tetrazole rings is 1. The molecule has 1 atom stereocenters. The molecule has 0 saturated carbocycles. The summed E-state index contributed by atoms with van der Waals surface area (Å²) in [6.07, 6.45) is 3.73. The first kappa shape index (κ1) is 18.3. The van der Waals surface area contributed by atoms with Gasteiger partial charge >= 0.3 is 0 Å². The second-order valence-corrected chi connectivity index (χ2v) is 7.41. The van der Waals surface area contributed by atoms with E-state index in [1.165, 1.54) is 18.3 Å². The molecule has 1 amide bonds. The molecular formula is C21H24N6O. The van der Waals surface area contributed by atoms with E-state index in [4.69, 9.17) is 0 Å². The third kappa shape index (κ3) is 3.94. The Balaban J connectivity index is 1.55. The summed E-state index contributed by atoms with van der Waals surface area (Å²) in [5.41, 5.74) is 5.54. The van der Waals surface area contributed by atoms with E-state index in [-0.39, 0.29) is 5.91 Å². The number of amides is 1. The molecule has 7 heteroatoms. The summed E-state index contributed by atoms with van der Waals surface area (Å²) >= 11 is 0. The second kappa shape index (κ2) is 7.90. The van der Waals surface area contributed by atoms with Crippen molar-refractivity contribution in [1.29, 1.82) is 0 Å². The highest BCUT2D eigenvalue weighted by molar-refractivity contribution is 6.05. The summed E-state index contributed by atoms with van der Waals surface area (Å²) in [6, 6.07) is 11.8. The van der Waals surface area contributed by atoms with Crippen molar-refractivity contribution in [3.05, 3.63) is 65.0 Å². The molecule has 0 aliphatic carbocycles. The van der Waals surface area contributed by atoms with Gasteiger partial charge in [0.05, 0.1) is 5.69 Å². The minimum absolute atomic E-state index is 0.109. The zero-order valence-corrected chi connectivity index (χ0v) is 16.1. The molecule has 3 aromatic rings. The fourth-order valence-electron chi connectivity index (χ4n) is 3.64. The molecular weight excluding hydrogens is 352 g/mol. The summed E-state index contributed by atoms with van der Waals surface area (Å²) < 4.78 is 1.58. The molecule has 0 bridgehead atoms. The van der Waals surface area contributed by atoms with Crippen LogP contribution in [0.15, 0.2) is 42.7 Å². The third-order valence-electron chi connectivity index (χ3n) is 5.39. The quantitative estimate of drug-likeness (QED) is 0.715. The van der Waals surface area contributed by atoms with Gasteiger partial charge < -0.3 is 10.6 Å². The van der Waals surface area contributed by atoms with Crippen molar-refractivity contribution in [3.63, 3.8) is 0 Å². The number of hydrogen-bond donors (Lipinski definition) is 2. The Kier molecular flexibility index (Phi) is 5.16. The van der Waals surface area contributed by atoms with E-state index in [0.29, 0.717) is 11.5 Å². The van der Waals surface area contributed by atoms with Gasteiger partial charge in [-0.1, -0.05) is 12.1 Å². The molecule has 1 fully saturated rings. The molecule has 1 aromatic heterocycles. The van der Waals surface area contributed by atoms with Crippen LogP contribution in [-0.2, 0) is 6.42 Å². The number of aromatic nitrogens is 4. The van der Waals surface area contributed by atoms with Crippen LogP contribution >= 0.6 is 0 Å². The standard InChI is InChI=1S/C21H24N6O/c1-14-8-19(27-13-23-25-26-27)11-20(15(14)2)24-21(28)18-5-3-4-16(10-18)9-17-6-7-22-12-17/h3-5,8,10-11,13,17,22H,6-7,9,12H2,1-2H3,(H,24,28). The molecule has 0 radical (unpaired) electrons. The predicted molar refractivity (Wildman–Crippen MR) is 108 cm³/mol. The van der Waals surface area contributed by atoms with Gasteiger partial charge in [0.25, 0.3) is 5.91 Å². The van der Waals surface area contributed by atoms with E-state index >= 15 is 0 Å². The summed E-state index contributed by atoms with van der Waals surface area (Å²) in [5.74, 6) is 0.541. The topological polar surface area (TPSA) is 84.7 Å². The van der Waals surface area contributed by atoms with Crippen LogP contribution in [0.2, 0.25) is 0 Å². The van der Waals surface area contributed by atoms with Crippen molar-refractivity contribution in [1.82, 2.24) is 25.5 Å². The summed E-state index contributed by atoms with van der Waals surface area (Å²) in [4.78, 5) is 12.9. The highest BCUT2D eigenvalue weighted by Gasteiger charge is 2.16. The molecule has 2 N–H and O–H groups in total. The van der Waals surface area contributed by atoms with Gasteiger partial charge in [-0.2, -0.15) is 0 Å². The molecule has 1 saturated heterocycles. The van der Waals surface area contributed by atoms with Crippen molar-refractivity contribution in [3.8, 4) is 5.69 Å². The number of rotatable bonds is 5. The molecule has 1 aliphatic rings. The molecule has 0 spiro atoms. The van der Waals surface area contributed by atoms with Crippen molar-refractivity contribution < 1.29 is 4.79 Å². The zero-order chi connectivity index (χ0) is 19.5. The lowest BCUT2D eigenvalue weighted by Gasteiger charge is -2.14. The van der Waals surface area contributed by atoms with Gasteiger partial charge in [-0.05, 0) is 97.1 Å². The van der Waals surface area contributed by atoms with E-state index in [9.17, 15) is 4.79 Å². The summed E-state index contributed by atoms with van der Waals surface area (Å²) in [6.45, 7) is 6.15. The van der Waals surface area contributed by atoms with Crippen LogP contribution in [-0.4, -0.2) is 39.2 Å². The van der Waals surface area contributed by atoms with Gasteiger partial charge in [0.15, 0.2) is 0 Å². The van der Waals surface area contributed by atoms with Crippen molar-refractivity contribution in [2.45, 2.75) is 26.7 Å². The van der Waals surface area contributed by atoms with E-state index in [1.54, 1.807) is 4.68 Å². The number of carbonyl (C=O) groups excluding carboxylic acids is 1. The smallest absolute Gasteiger partial charge is 0.255 e. The van der Waals surface area contributed by atoms with Crippen LogP contribution in [0, 0.1) is 19.8 Å². The number of aryl methyl sites for hydroxylation is 1. The molecule has 7 nitrogen and oxygen atoms in total. The Hall–Kier alpha value is -3.06. The van der Waals surface area contributed by atoms with Crippen molar-refractivity contribution in [2.75, 3.05) is 18.4 Å². The van der Waals surface area contributed by atoms with Crippen LogP contribution in [0.5, 0.6) is 0 Å². The van der Waals surface area contributed by atoms with Crippen LogP contribution in [0.3, 0.4) is 0 Å². The number of nitrogens with one attached hydrogen (secondary N) is 2. The van der Waals surface area contributed by atoms with Crippen molar-refractivity contribution >= 4 is 11.6 Å². The zero-order valence-electron chi connectivity index (χ0n) is 16.1. The number of carbonyl (C=O) groups is 1. The number of nitrogens with zero attached hydrogens (tertiary/aromatic N) is 4.